The first-order valence-electron chi connectivity index (χ1n) is 9.34. The molecule has 0 saturated carbocycles. The summed E-state index contributed by atoms with van der Waals surface area (Å²) in [5.41, 5.74) is 2.27. The molecule has 0 aliphatic heterocycles. The number of hydrogen-bond donors (Lipinski definition) is 1. The van der Waals surface area contributed by atoms with Crippen molar-refractivity contribution >= 4 is 21.8 Å². The van der Waals surface area contributed by atoms with Gasteiger partial charge in [-0.05, 0) is 36.0 Å². The maximum atomic E-state index is 11.9. The van der Waals surface area contributed by atoms with Crippen LogP contribution in [-0.2, 0) is 21.1 Å². The lowest BCUT2D eigenvalue weighted by Gasteiger charge is -2.04. The Labute approximate surface area is 166 Å². The first kappa shape index (κ1) is 21.8. The van der Waals surface area contributed by atoms with Gasteiger partial charge in [0.05, 0.1) is 0 Å². The average molecular weight is 406 g/mol. The Kier molecular flexibility index (Phi) is 7.92. The summed E-state index contributed by atoms with van der Waals surface area (Å²) >= 11 is 0. The molecule has 0 fully saturated rings. The van der Waals surface area contributed by atoms with Crippen molar-refractivity contribution in [2.75, 3.05) is 12.8 Å². The van der Waals surface area contributed by atoms with Gasteiger partial charge in [0.15, 0.2) is 0 Å². The summed E-state index contributed by atoms with van der Waals surface area (Å²) in [5, 5.41) is 9.74. The number of nitrogens with zero attached hydrogens (tertiary/aromatic N) is 2. The highest BCUT2D eigenvalue weighted by molar-refractivity contribution is 7.90. The molecule has 8 heteroatoms. The fraction of sp³-hybridized carbons (Fsp3) is 0.450. The maximum Gasteiger partial charge on any atom is 0.335 e. The lowest BCUT2D eigenvalue weighted by molar-refractivity contribution is -0.116. The molecule has 1 aromatic heterocycles. The molecule has 1 amide bonds. The van der Waals surface area contributed by atoms with Gasteiger partial charge in [0.25, 0.3) is 0 Å². The minimum Gasteiger partial charge on any atom is -0.413 e. The second kappa shape index (κ2) is 10.2. The first-order valence-corrected chi connectivity index (χ1v) is 11.2. The number of hydrogen-bond acceptors (Lipinski definition) is 6. The molecule has 0 aliphatic carbocycles. The lowest BCUT2D eigenvalue weighted by Crippen LogP contribution is -2.21. The molecule has 7 nitrogen and oxygen atoms in total. The standard InChI is InChI=1S/C20H27N3O4S/c1-15(2)17-11-8-16(9-12-17)10-13-18(24)21-14-6-4-5-7-19-22-23-20(27-19)28(3,25)26/h8-13,15H,4-7,14H2,1-3H3,(H,21,24)/b13-10+. The summed E-state index contributed by atoms with van der Waals surface area (Å²) in [6.07, 6.45) is 7.33. The Morgan fingerprint density at radius 1 is 1.14 bits per heavy atom. The molecule has 0 aliphatic rings. The monoisotopic (exact) mass is 405 g/mol. The van der Waals surface area contributed by atoms with E-state index in [0.29, 0.717) is 24.8 Å². The predicted molar refractivity (Wildman–Crippen MR) is 108 cm³/mol. The molecule has 0 bridgehead atoms. The third-order valence-electron chi connectivity index (χ3n) is 4.16. The van der Waals surface area contributed by atoms with Crippen LogP contribution in [0.3, 0.4) is 0 Å². The summed E-state index contributed by atoms with van der Waals surface area (Å²) in [6.45, 7) is 4.87. The highest BCUT2D eigenvalue weighted by Gasteiger charge is 2.15. The normalized spacial score (nSPS) is 12.0. The highest BCUT2D eigenvalue weighted by Crippen LogP contribution is 2.15. The van der Waals surface area contributed by atoms with Gasteiger partial charge in [-0.1, -0.05) is 49.6 Å². The number of unbranched alkanes of at least 4 members (excludes halogenated alkanes) is 2. The largest absolute Gasteiger partial charge is 0.413 e. The van der Waals surface area contributed by atoms with Crippen LogP contribution in [0.4, 0.5) is 0 Å². The zero-order valence-electron chi connectivity index (χ0n) is 16.5. The van der Waals surface area contributed by atoms with Crippen LogP contribution >= 0.6 is 0 Å². The molecule has 0 radical (unpaired) electrons. The molecule has 0 unspecified atom stereocenters. The van der Waals surface area contributed by atoms with E-state index < -0.39 is 9.84 Å². The Morgan fingerprint density at radius 2 is 1.86 bits per heavy atom. The Morgan fingerprint density at radius 3 is 2.46 bits per heavy atom. The van der Waals surface area contributed by atoms with E-state index in [1.54, 1.807) is 6.08 Å². The molecule has 2 rings (SSSR count). The van der Waals surface area contributed by atoms with Crippen molar-refractivity contribution in [2.24, 2.45) is 0 Å². The zero-order chi connectivity index (χ0) is 20.6. The van der Waals surface area contributed by atoms with E-state index >= 15 is 0 Å². The van der Waals surface area contributed by atoms with Gasteiger partial charge < -0.3 is 9.73 Å². The van der Waals surface area contributed by atoms with E-state index in [2.05, 4.69) is 41.5 Å². The van der Waals surface area contributed by atoms with E-state index in [1.165, 1.54) is 11.6 Å². The molecule has 28 heavy (non-hydrogen) atoms. The van der Waals surface area contributed by atoms with Crippen molar-refractivity contribution in [3.05, 3.63) is 47.4 Å². The maximum absolute atomic E-state index is 11.9. The third-order valence-corrected chi connectivity index (χ3v) is 4.96. The first-order chi connectivity index (χ1) is 13.3. The van der Waals surface area contributed by atoms with E-state index in [-0.39, 0.29) is 11.1 Å². The highest BCUT2D eigenvalue weighted by atomic mass is 32.2. The number of rotatable bonds is 10. The van der Waals surface area contributed by atoms with Gasteiger partial charge in [-0.2, -0.15) is 0 Å². The quantitative estimate of drug-likeness (QED) is 0.481. The van der Waals surface area contributed by atoms with Crippen LogP contribution in [-0.4, -0.2) is 37.3 Å². The van der Waals surface area contributed by atoms with Crippen LogP contribution in [0.15, 0.2) is 40.0 Å². The number of benzene rings is 1. The third kappa shape index (κ3) is 7.26. The molecule has 1 N–H and O–H groups in total. The van der Waals surface area contributed by atoms with E-state index in [1.807, 2.05) is 12.1 Å². The van der Waals surface area contributed by atoms with Crippen LogP contribution in [0, 0.1) is 0 Å². The van der Waals surface area contributed by atoms with Gasteiger partial charge in [-0.15, -0.1) is 5.10 Å². The number of aromatic nitrogens is 2. The molecular formula is C20H27N3O4S. The van der Waals surface area contributed by atoms with Crippen molar-refractivity contribution in [1.82, 2.24) is 15.5 Å². The van der Waals surface area contributed by atoms with Crippen LogP contribution in [0.5, 0.6) is 0 Å². The minimum absolute atomic E-state index is 0.123. The van der Waals surface area contributed by atoms with Gasteiger partial charge in [0, 0.05) is 25.3 Å². The van der Waals surface area contributed by atoms with E-state index in [9.17, 15) is 13.2 Å². The van der Waals surface area contributed by atoms with Gasteiger partial charge in [0.2, 0.25) is 21.6 Å². The predicted octanol–water partition coefficient (Wildman–Crippen LogP) is 3.14. The summed E-state index contributed by atoms with van der Waals surface area (Å²) in [4.78, 5) is 11.9. The average Bonchev–Trinajstić information content (AvgIpc) is 3.12. The summed E-state index contributed by atoms with van der Waals surface area (Å²) in [5.74, 6) is 0.682. The number of nitrogens with one attached hydrogen (secondary N) is 1. The fourth-order valence-electron chi connectivity index (χ4n) is 2.50. The molecule has 0 atom stereocenters. The molecule has 152 valence electrons. The Balaban J connectivity index is 1.62. The summed E-state index contributed by atoms with van der Waals surface area (Å²) in [6, 6.07) is 8.16. The number of sulfone groups is 1. The fourth-order valence-corrected chi connectivity index (χ4v) is 2.94. The molecule has 2 aromatic rings. The second-order valence-electron chi connectivity index (χ2n) is 6.99. The van der Waals surface area contributed by atoms with Gasteiger partial charge in [-0.3, -0.25) is 4.79 Å². The Hall–Kier alpha value is -2.48. The number of carbonyl (C=O) groups excluding carboxylic acids is 1. The van der Waals surface area contributed by atoms with Crippen LogP contribution in [0.25, 0.3) is 6.08 Å². The van der Waals surface area contributed by atoms with Crippen LogP contribution < -0.4 is 5.32 Å². The van der Waals surface area contributed by atoms with Gasteiger partial charge in [-0.25, -0.2) is 8.42 Å². The summed E-state index contributed by atoms with van der Waals surface area (Å²) < 4.78 is 27.6. The summed E-state index contributed by atoms with van der Waals surface area (Å²) in [7, 11) is -3.46. The number of amides is 1. The van der Waals surface area contributed by atoms with Crippen LogP contribution in [0.2, 0.25) is 0 Å². The van der Waals surface area contributed by atoms with Crippen molar-refractivity contribution in [1.29, 1.82) is 0 Å². The lowest BCUT2D eigenvalue weighted by atomic mass is 10.0. The van der Waals surface area contributed by atoms with E-state index in [0.717, 1.165) is 31.1 Å². The van der Waals surface area contributed by atoms with Gasteiger partial charge >= 0.3 is 5.22 Å². The van der Waals surface area contributed by atoms with Crippen molar-refractivity contribution in [2.45, 2.75) is 50.7 Å². The zero-order valence-corrected chi connectivity index (χ0v) is 17.3. The van der Waals surface area contributed by atoms with E-state index in [4.69, 9.17) is 4.42 Å². The minimum atomic E-state index is -3.46. The molecular weight excluding hydrogens is 378 g/mol. The molecule has 1 aromatic carbocycles. The van der Waals surface area contributed by atoms with Gasteiger partial charge in [0.1, 0.15) is 0 Å². The van der Waals surface area contributed by atoms with Crippen molar-refractivity contribution < 1.29 is 17.6 Å². The smallest absolute Gasteiger partial charge is 0.335 e. The molecule has 0 saturated heterocycles. The Bertz CT molecular complexity index is 900. The van der Waals surface area contributed by atoms with Crippen molar-refractivity contribution in [3.8, 4) is 0 Å². The molecule has 1 heterocycles. The molecule has 0 spiro atoms. The SMILES string of the molecule is CC(C)c1ccc(/C=C/C(=O)NCCCCCc2nnc(S(C)(=O)=O)o2)cc1. The number of aryl methyl sites for hydroxylation is 1. The van der Waals surface area contributed by atoms with Crippen LogP contribution in [0.1, 0.15) is 56.0 Å². The second-order valence-corrected chi connectivity index (χ2v) is 8.88. The number of carbonyl (C=O) groups is 1. The topological polar surface area (TPSA) is 102 Å². The van der Waals surface area contributed by atoms with Crippen molar-refractivity contribution in [3.63, 3.8) is 0 Å².